The molecule has 2 N–H and O–H groups in total. The topological polar surface area (TPSA) is 58.2 Å². The third-order valence-corrected chi connectivity index (χ3v) is 1.48. The van der Waals surface area contributed by atoms with E-state index < -0.39 is 5.54 Å². The lowest BCUT2D eigenvalue weighted by Crippen LogP contribution is -2.50. The van der Waals surface area contributed by atoms with Crippen LogP contribution in [0.25, 0.3) is 0 Å². The van der Waals surface area contributed by atoms with Crippen LogP contribution in [0.15, 0.2) is 12.3 Å². The summed E-state index contributed by atoms with van der Waals surface area (Å²) >= 11 is 0. The maximum absolute atomic E-state index is 11.1. The molecule has 0 bridgehead atoms. The van der Waals surface area contributed by atoms with Crippen molar-refractivity contribution in [3.8, 4) is 0 Å². The molecule has 74 valence electrons. The van der Waals surface area contributed by atoms with Crippen molar-refractivity contribution in [1.29, 1.82) is 0 Å². The van der Waals surface area contributed by atoms with Crippen molar-refractivity contribution in [2.24, 2.45) is 0 Å². The van der Waals surface area contributed by atoms with Crippen LogP contribution in [0.2, 0.25) is 0 Å². The van der Waals surface area contributed by atoms with Gasteiger partial charge in [0.1, 0.15) is 5.54 Å². The summed E-state index contributed by atoms with van der Waals surface area (Å²) in [6, 6.07) is 0. The summed E-state index contributed by atoms with van der Waals surface area (Å²) in [7, 11) is 0. The molecule has 1 heterocycles. The third-order valence-electron chi connectivity index (χ3n) is 1.48. The van der Waals surface area contributed by atoms with E-state index in [0.717, 1.165) is 0 Å². The zero-order valence-electron chi connectivity index (χ0n) is 8.47. The van der Waals surface area contributed by atoms with Crippen LogP contribution in [0, 0.1) is 0 Å². The summed E-state index contributed by atoms with van der Waals surface area (Å²) < 4.78 is 0. The quantitative estimate of drug-likeness (QED) is 0.540. The van der Waals surface area contributed by atoms with Crippen LogP contribution >= 0.6 is 0 Å². The van der Waals surface area contributed by atoms with Gasteiger partial charge >= 0.3 is 0 Å². The van der Waals surface area contributed by atoms with E-state index >= 15 is 0 Å². The fraction of sp³-hybridized carbons (Fsp3) is 0.556. The summed E-state index contributed by atoms with van der Waals surface area (Å²) in [4.78, 5) is 21.8. The van der Waals surface area contributed by atoms with Crippen LogP contribution in [-0.4, -0.2) is 17.4 Å². The van der Waals surface area contributed by atoms with Crippen molar-refractivity contribution in [3.05, 3.63) is 12.3 Å². The predicted octanol–water partition coefficient (Wildman–Crippen LogP) is 0.551. The molecule has 1 aliphatic rings. The Labute approximate surface area is 78.4 Å². The summed E-state index contributed by atoms with van der Waals surface area (Å²) in [5, 5.41) is 4.99. The number of amides is 2. The number of nitrogens with one attached hydrogen (secondary N) is 2. The van der Waals surface area contributed by atoms with Gasteiger partial charge in [-0.25, -0.2) is 0 Å². The number of hydrogen-bond acceptors (Lipinski definition) is 3. The van der Waals surface area contributed by atoms with Gasteiger partial charge in [0.25, 0.3) is 11.8 Å². The molecule has 0 aromatic carbocycles. The molecule has 4 heteroatoms. The Balaban J connectivity index is 0.000000671. The molecule has 0 aromatic heterocycles. The highest BCUT2D eigenvalue weighted by Crippen LogP contribution is 2.03. The lowest BCUT2D eigenvalue weighted by atomic mass is 10.1. The van der Waals surface area contributed by atoms with E-state index in [0.29, 0.717) is 0 Å². The lowest BCUT2D eigenvalue weighted by Gasteiger charge is -2.20. The first-order valence-electron chi connectivity index (χ1n) is 4.32. The Kier molecular flexibility index (Phi) is 4.17. The van der Waals surface area contributed by atoms with E-state index in [2.05, 4.69) is 10.6 Å². The molecule has 1 rings (SSSR count). The van der Waals surface area contributed by atoms with Crippen LogP contribution in [0.5, 0.6) is 0 Å². The minimum absolute atomic E-state index is 0.312. The van der Waals surface area contributed by atoms with Crippen molar-refractivity contribution in [1.82, 2.24) is 10.6 Å². The maximum atomic E-state index is 11.1. The van der Waals surface area contributed by atoms with Crippen LogP contribution in [0.3, 0.4) is 0 Å². The lowest BCUT2D eigenvalue weighted by molar-refractivity contribution is -0.131. The monoisotopic (exact) mass is 184 g/mol. The number of carbonyl (C=O) groups excluding carboxylic acids is 2. The first-order chi connectivity index (χ1) is 6.02. The Morgan fingerprint density at radius 2 is 1.77 bits per heavy atom. The first-order valence-corrected chi connectivity index (χ1v) is 4.32. The molecule has 0 radical (unpaired) electrons. The molecule has 1 aliphatic heterocycles. The zero-order valence-corrected chi connectivity index (χ0v) is 8.47. The summed E-state index contributed by atoms with van der Waals surface area (Å²) in [5.74, 6) is -0.694. The number of carbonyl (C=O) groups is 2. The minimum Gasteiger partial charge on any atom is -0.377 e. The van der Waals surface area contributed by atoms with Crippen molar-refractivity contribution < 1.29 is 9.59 Å². The SMILES string of the molecule is CC.CC1(C)NC=CC(=O)NC1=O. The largest absolute Gasteiger partial charge is 0.377 e. The highest BCUT2D eigenvalue weighted by atomic mass is 16.2. The summed E-state index contributed by atoms with van der Waals surface area (Å²) in [5.41, 5.74) is -0.706. The van der Waals surface area contributed by atoms with Gasteiger partial charge in [-0.1, -0.05) is 13.8 Å². The van der Waals surface area contributed by atoms with E-state index in [4.69, 9.17) is 0 Å². The number of rotatable bonds is 0. The highest BCUT2D eigenvalue weighted by Gasteiger charge is 2.28. The molecule has 0 saturated heterocycles. The van der Waals surface area contributed by atoms with Gasteiger partial charge in [0.15, 0.2) is 0 Å². The molecule has 0 saturated carbocycles. The van der Waals surface area contributed by atoms with E-state index in [1.54, 1.807) is 13.8 Å². The first kappa shape index (κ1) is 11.7. The van der Waals surface area contributed by atoms with Gasteiger partial charge in [-0.05, 0) is 13.8 Å². The number of imide groups is 1. The Morgan fingerprint density at radius 3 is 2.31 bits per heavy atom. The van der Waals surface area contributed by atoms with Gasteiger partial charge in [-0.2, -0.15) is 0 Å². The van der Waals surface area contributed by atoms with Gasteiger partial charge in [-0.3, -0.25) is 14.9 Å². The average Bonchev–Trinajstić information content (AvgIpc) is 2.16. The van der Waals surface area contributed by atoms with Crippen molar-refractivity contribution in [2.75, 3.05) is 0 Å². The van der Waals surface area contributed by atoms with E-state index in [9.17, 15) is 9.59 Å². The molecule has 0 fully saturated rings. The Morgan fingerprint density at radius 1 is 1.23 bits per heavy atom. The maximum Gasteiger partial charge on any atom is 0.252 e. The molecule has 0 atom stereocenters. The van der Waals surface area contributed by atoms with Gasteiger partial charge in [0.05, 0.1) is 0 Å². The second-order valence-corrected chi connectivity index (χ2v) is 2.92. The molecular formula is C9H16N2O2. The molecule has 2 amide bonds. The van der Waals surface area contributed by atoms with Crippen LogP contribution < -0.4 is 10.6 Å². The molecule has 0 aliphatic carbocycles. The van der Waals surface area contributed by atoms with Crippen LogP contribution in [-0.2, 0) is 9.59 Å². The fourth-order valence-corrected chi connectivity index (χ4v) is 0.701. The molecule has 0 unspecified atom stereocenters. The Bertz CT molecular complexity index is 232. The van der Waals surface area contributed by atoms with Crippen molar-refractivity contribution >= 4 is 11.8 Å². The van der Waals surface area contributed by atoms with Gasteiger partial charge in [0.2, 0.25) is 0 Å². The second kappa shape index (κ2) is 4.64. The van der Waals surface area contributed by atoms with Gasteiger partial charge in [0, 0.05) is 12.3 Å². The standard InChI is InChI=1S/C7H10N2O2.C2H6/c1-7(2)6(11)9-5(10)3-4-8-7;1-2/h3-4,8H,1-2H3,(H,9,10,11);1-2H3. The summed E-state index contributed by atoms with van der Waals surface area (Å²) in [6.07, 6.45) is 2.76. The minimum atomic E-state index is -0.706. The van der Waals surface area contributed by atoms with Crippen molar-refractivity contribution in [3.63, 3.8) is 0 Å². The number of hydrogen-bond donors (Lipinski definition) is 2. The van der Waals surface area contributed by atoms with E-state index in [1.165, 1.54) is 12.3 Å². The average molecular weight is 184 g/mol. The molecule has 0 aromatic rings. The van der Waals surface area contributed by atoms with Crippen molar-refractivity contribution in [2.45, 2.75) is 33.2 Å². The smallest absolute Gasteiger partial charge is 0.252 e. The second-order valence-electron chi connectivity index (χ2n) is 2.92. The summed E-state index contributed by atoms with van der Waals surface area (Å²) in [6.45, 7) is 7.40. The van der Waals surface area contributed by atoms with Crippen LogP contribution in [0.1, 0.15) is 27.7 Å². The normalized spacial score (nSPS) is 19.1. The van der Waals surface area contributed by atoms with Gasteiger partial charge in [-0.15, -0.1) is 0 Å². The third kappa shape index (κ3) is 3.27. The van der Waals surface area contributed by atoms with Crippen LogP contribution in [0.4, 0.5) is 0 Å². The molecule has 0 spiro atoms. The fourth-order valence-electron chi connectivity index (χ4n) is 0.701. The van der Waals surface area contributed by atoms with Gasteiger partial charge < -0.3 is 5.32 Å². The molecule has 13 heavy (non-hydrogen) atoms. The molecule has 4 nitrogen and oxygen atoms in total. The predicted molar refractivity (Wildman–Crippen MR) is 50.9 cm³/mol. The zero-order chi connectivity index (χ0) is 10.5. The Hall–Kier alpha value is -1.32. The van der Waals surface area contributed by atoms with E-state index in [1.807, 2.05) is 13.8 Å². The molecular weight excluding hydrogens is 168 g/mol. The highest BCUT2D eigenvalue weighted by molar-refractivity contribution is 6.05. The van der Waals surface area contributed by atoms with E-state index in [-0.39, 0.29) is 11.8 Å².